The molecule has 3 aromatic rings. The molecule has 7 nitrogen and oxygen atoms in total. The summed E-state index contributed by atoms with van der Waals surface area (Å²) in [5.41, 5.74) is 0.686. The van der Waals surface area contributed by atoms with Crippen molar-refractivity contribution in [2.75, 3.05) is 16.4 Å². The Morgan fingerprint density at radius 3 is 2.48 bits per heavy atom. The number of hydrogen-bond donors (Lipinski definition) is 2. The van der Waals surface area contributed by atoms with Crippen LogP contribution < -0.4 is 10.6 Å². The minimum atomic E-state index is -1.09. The summed E-state index contributed by atoms with van der Waals surface area (Å²) in [7, 11) is 0. The zero-order valence-electron chi connectivity index (χ0n) is 17.4. The largest absolute Gasteiger partial charge is 0.449 e. The molecule has 0 radical (unpaired) electrons. The van der Waals surface area contributed by atoms with Crippen LogP contribution in [0.4, 0.5) is 15.9 Å². The number of rotatable bonds is 8. The molecule has 0 aliphatic heterocycles. The summed E-state index contributed by atoms with van der Waals surface area (Å²) in [6.07, 6.45) is 0.294. The molecular formula is C23H19ClFN3O4S. The van der Waals surface area contributed by atoms with Crippen molar-refractivity contribution in [3.8, 4) is 0 Å². The van der Waals surface area contributed by atoms with Crippen molar-refractivity contribution in [2.24, 2.45) is 0 Å². The van der Waals surface area contributed by atoms with Crippen molar-refractivity contribution in [3.05, 3.63) is 83.3 Å². The number of ether oxygens (including phenoxy) is 1. The number of amides is 2. The highest BCUT2D eigenvalue weighted by Gasteiger charge is 2.21. The van der Waals surface area contributed by atoms with Crippen molar-refractivity contribution < 1.29 is 23.5 Å². The van der Waals surface area contributed by atoms with Gasteiger partial charge in [-0.15, -0.1) is 11.8 Å². The molecule has 0 spiro atoms. The predicted octanol–water partition coefficient (Wildman–Crippen LogP) is 4.79. The molecule has 0 saturated carbocycles. The molecule has 1 unspecified atom stereocenters. The Labute approximate surface area is 198 Å². The summed E-state index contributed by atoms with van der Waals surface area (Å²) in [5, 5.41) is 5.62. The van der Waals surface area contributed by atoms with E-state index in [2.05, 4.69) is 15.6 Å². The van der Waals surface area contributed by atoms with Gasteiger partial charge in [-0.3, -0.25) is 9.59 Å². The fourth-order valence-electron chi connectivity index (χ4n) is 2.59. The first kappa shape index (κ1) is 24.2. The zero-order valence-corrected chi connectivity index (χ0v) is 19.0. The van der Waals surface area contributed by atoms with Crippen molar-refractivity contribution in [1.29, 1.82) is 0 Å². The third kappa shape index (κ3) is 7.30. The van der Waals surface area contributed by atoms with Crippen LogP contribution in [-0.4, -0.2) is 34.6 Å². The number of thioether (sulfide) groups is 1. The number of halogens is 2. The van der Waals surface area contributed by atoms with E-state index < -0.39 is 23.8 Å². The fourth-order valence-corrected chi connectivity index (χ4v) is 3.54. The number of benzene rings is 2. The van der Waals surface area contributed by atoms with Crippen LogP contribution in [0.2, 0.25) is 5.02 Å². The molecule has 2 aromatic carbocycles. The average Bonchev–Trinajstić information content (AvgIpc) is 2.80. The summed E-state index contributed by atoms with van der Waals surface area (Å²) >= 11 is 6.90. The quantitative estimate of drug-likeness (QED) is 0.350. The number of nitrogens with one attached hydrogen (secondary N) is 2. The van der Waals surface area contributed by atoms with E-state index in [1.165, 1.54) is 43.5 Å². The first-order valence-corrected chi connectivity index (χ1v) is 11.1. The molecular weight excluding hydrogens is 469 g/mol. The number of anilines is 2. The molecule has 0 bridgehead atoms. The number of aromatic nitrogens is 1. The lowest BCUT2D eigenvalue weighted by Gasteiger charge is -2.14. The predicted molar refractivity (Wildman–Crippen MR) is 125 cm³/mol. The van der Waals surface area contributed by atoms with Gasteiger partial charge in [0, 0.05) is 16.8 Å². The number of esters is 1. The Balaban J connectivity index is 1.57. The van der Waals surface area contributed by atoms with Gasteiger partial charge in [-0.25, -0.2) is 14.2 Å². The number of hydrogen-bond acceptors (Lipinski definition) is 6. The number of carbonyl (C=O) groups is 3. The van der Waals surface area contributed by atoms with Gasteiger partial charge in [0.15, 0.2) is 6.10 Å². The van der Waals surface area contributed by atoms with Crippen LogP contribution >= 0.6 is 23.4 Å². The van der Waals surface area contributed by atoms with E-state index in [4.69, 9.17) is 16.3 Å². The second-order valence-corrected chi connectivity index (χ2v) is 8.19. The zero-order chi connectivity index (χ0) is 23.8. The van der Waals surface area contributed by atoms with Crippen molar-refractivity contribution in [2.45, 2.75) is 17.9 Å². The van der Waals surface area contributed by atoms with Gasteiger partial charge in [0.2, 0.25) is 5.91 Å². The topological polar surface area (TPSA) is 97.4 Å². The van der Waals surface area contributed by atoms with E-state index in [1.54, 1.807) is 30.3 Å². The average molecular weight is 488 g/mol. The van der Waals surface area contributed by atoms with E-state index >= 15 is 0 Å². The molecule has 33 heavy (non-hydrogen) atoms. The second-order valence-electron chi connectivity index (χ2n) is 6.74. The Hall–Kier alpha value is -3.43. The van der Waals surface area contributed by atoms with E-state index in [9.17, 15) is 18.8 Å². The van der Waals surface area contributed by atoms with Crippen LogP contribution in [0.15, 0.2) is 71.8 Å². The summed E-state index contributed by atoms with van der Waals surface area (Å²) in [5.74, 6) is -1.69. The molecule has 2 N–H and O–H groups in total. The lowest BCUT2D eigenvalue weighted by atomic mass is 10.2. The van der Waals surface area contributed by atoms with Gasteiger partial charge in [0.05, 0.1) is 16.3 Å². The van der Waals surface area contributed by atoms with Crippen LogP contribution in [0.5, 0.6) is 0 Å². The highest BCUT2D eigenvalue weighted by Crippen LogP contribution is 2.24. The Morgan fingerprint density at radius 1 is 1.06 bits per heavy atom. The molecule has 0 aliphatic carbocycles. The van der Waals surface area contributed by atoms with E-state index in [0.717, 1.165) is 11.8 Å². The van der Waals surface area contributed by atoms with Gasteiger partial charge in [-0.1, -0.05) is 23.7 Å². The summed E-state index contributed by atoms with van der Waals surface area (Å²) in [6, 6.07) is 15.1. The van der Waals surface area contributed by atoms with Crippen molar-refractivity contribution >= 4 is 52.7 Å². The van der Waals surface area contributed by atoms with Crippen molar-refractivity contribution in [3.63, 3.8) is 0 Å². The van der Waals surface area contributed by atoms with Gasteiger partial charge >= 0.3 is 5.97 Å². The molecule has 170 valence electrons. The third-order valence-corrected chi connectivity index (χ3v) is 5.52. The van der Waals surface area contributed by atoms with Gasteiger partial charge in [0.1, 0.15) is 11.6 Å². The van der Waals surface area contributed by atoms with E-state index in [0.29, 0.717) is 15.6 Å². The molecule has 10 heteroatoms. The first-order valence-electron chi connectivity index (χ1n) is 9.72. The Bertz CT molecular complexity index is 1140. The first-order chi connectivity index (χ1) is 15.8. The fraction of sp³-hybridized carbons (Fsp3) is 0.130. The highest BCUT2D eigenvalue weighted by molar-refractivity contribution is 8.00. The Kier molecular flexibility index (Phi) is 8.39. The van der Waals surface area contributed by atoms with Crippen molar-refractivity contribution in [1.82, 2.24) is 4.98 Å². The van der Waals surface area contributed by atoms with Gasteiger partial charge in [-0.2, -0.15) is 0 Å². The normalized spacial score (nSPS) is 11.4. The highest BCUT2D eigenvalue weighted by atomic mass is 35.5. The van der Waals surface area contributed by atoms with Crippen LogP contribution in [0.3, 0.4) is 0 Å². The SMILES string of the molecule is CC(OC(=O)c1ccccc1SCC(=O)Nc1ccc(F)cc1)C(=O)Nc1ccc(Cl)cn1. The van der Waals surface area contributed by atoms with E-state index in [-0.39, 0.29) is 23.0 Å². The molecule has 1 aromatic heterocycles. The maximum atomic E-state index is 13.0. The smallest absolute Gasteiger partial charge is 0.340 e. The molecule has 0 saturated heterocycles. The second kappa shape index (κ2) is 11.4. The van der Waals surface area contributed by atoms with Gasteiger partial charge in [-0.05, 0) is 55.5 Å². The van der Waals surface area contributed by atoms with Crippen LogP contribution in [-0.2, 0) is 14.3 Å². The van der Waals surface area contributed by atoms with Crippen LogP contribution in [0, 0.1) is 5.82 Å². The monoisotopic (exact) mass is 487 g/mol. The molecule has 0 aliphatic rings. The number of pyridine rings is 1. The standard InChI is InChI=1S/C23H19ClFN3O4S/c1-14(22(30)28-20-11-6-15(24)12-26-20)32-23(31)18-4-2-3-5-19(18)33-13-21(29)27-17-9-7-16(25)8-10-17/h2-12,14H,13H2,1H3,(H,27,29)(H,26,28,30). The van der Waals surface area contributed by atoms with E-state index in [1.807, 2.05) is 0 Å². The number of nitrogens with zero attached hydrogens (tertiary/aromatic N) is 1. The van der Waals surface area contributed by atoms with Gasteiger partial charge < -0.3 is 15.4 Å². The molecule has 1 atom stereocenters. The minimum absolute atomic E-state index is 0.0138. The lowest BCUT2D eigenvalue weighted by molar-refractivity contribution is -0.123. The number of carbonyl (C=O) groups excluding carboxylic acids is 3. The Morgan fingerprint density at radius 2 is 1.79 bits per heavy atom. The maximum Gasteiger partial charge on any atom is 0.340 e. The molecule has 0 fully saturated rings. The third-order valence-electron chi connectivity index (χ3n) is 4.23. The summed E-state index contributed by atoms with van der Waals surface area (Å²) < 4.78 is 18.3. The summed E-state index contributed by atoms with van der Waals surface area (Å²) in [4.78, 5) is 41.7. The lowest BCUT2D eigenvalue weighted by Crippen LogP contribution is -2.30. The summed E-state index contributed by atoms with van der Waals surface area (Å²) in [6.45, 7) is 1.44. The minimum Gasteiger partial charge on any atom is -0.449 e. The van der Waals surface area contributed by atoms with Gasteiger partial charge in [0.25, 0.3) is 5.91 Å². The van der Waals surface area contributed by atoms with Crippen LogP contribution in [0.25, 0.3) is 0 Å². The molecule has 3 rings (SSSR count). The molecule has 1 heterocycles. The molecule has 2 amide bonds. The maximum absolute atomic E-state index is 13.0. The van der Waals surface area contributed by atoms with Crippen LogP contribution in [0.1, 0.15) is 17.3 Å².